The van der Waals surface area contributed by atoms with Crippen molar-refractivity contribution in [2.75, 3.05) is 26.7 Å². The third-order valence-electron chi connectivity index (χ3n) is 2.16. The Morgan fingerprint density at radius 2 is 2.06 bits per heavy atom. The number of hydrogen-bond donors (Lipinski definition) is 3. The lowest BCUT2D eigenvalue weighted by molar-refractivity contribution is -0.126. The Bertz CT molecular complexity index is 233. The molecule has 0 rings (SSSR count). The first kappa shape index (κ1) is 14.9. The zero-order valence-electron chi connectivity index (χ0n) is 10.2. The van der Waals surface area contributed by atoms with Crippen LogP contribution in [0.5, 0.6) is 0 Å². The van der Waals surface area contributed by atoms with Gasteiger partial charge in [-0.2, -0.15) is 0 Å². The molecule has 0 aromatic rings. The summed E-state index contributed by atoms with van der Waals surface area (Å²) in [7, 11) is 1.80. The average molecular weight is 230 g/mol. The minimum absolute atomic E-state index is 0.0234. The van der Waals surface area contributed by atoms with E-state index < -0.39 is 0 Å². The van der Waals surface area contributed by atoms with Crippen LogP contribution in [0.4, 0.5) is 0 Å². The number of nitrogens with zero attached hydrogens (tertiary/aromatic N) is 1. The van der Waals surface area contributed by atoms with E-state index in [1.165, 1.54) is 0 Å². The molecule has 0 fully saturated rings. The highest BCUT2D eigenvalue weighted by atomic mass is 16.2. The lowest BCUT2D eigenvalue weighted by Crippen LogP contribution is -2.42. The number of nitrogens with one attached hydrogen (secondary N) is 2. The summed E-state index contributed by atoms with van der Waals surface area (Å²) in [6.45, 7) is 5.25. The van der Waals surface area contributed by atoms with Crippen molar-refractivity contribution in [3.8, 4) is 0 Å². The van der Waals surface area contributed by atoms with Crippen LogP contribution in [-0.2, 0) is 9.59 Å². The van der Waals surface area contributed by atoms with Gasteiger partial charge >= 0.3 is 0 Å². The molecule has 1 atom stereocenters. The van der Waals surface area contributed by atoms with E-state index in [0.717, 1.165) is 6.42 Å². The van der Waals surface area contributed by atoms with E-state index in [1.807, 2.05) is 6.92 Å². The van der Waals surface area contributed by atoms with Crippen LogP contribution in [0.25, 0.3) is 0 Å². The van der Waals surface area contributed by atoms with Crippen LogP contribution in [0, 0.1) is 5.92 Å². The number of amides is 2. The molecule has 0 bridgehead atoms. The maximum Gasteiger partial charge on any atom is 0.237 e. The van der Waals surface area contributed by atoms with Crippen molar-refractivity contribution in [3.63, 3.8) is 0 Å². The van der Waals surface area contributed by atoms with E-state index in [4.69, 9.17) is 5.84 Å². The van der Waals surface area contributed by atoms with Crippen LogP contribution in [0.1, 0.15) is 20.3 Å². The lowest BCUT2D eigenvalue weighted by atomic mass is 10.1. The van der Waals surface area contributed by atoms with Crippen LogP contribution in [0.15, 0.2) is 0 Å². The van der Waals surface area contributed by atoms with Crippen LogP contribution in [0.2, 0.25) is 0 Å². The minimum Gasteiger partial charge on any atom is -0.355 e. The van der Waals surface area contributed by atoms with E-state index in [1.54, 1.807) is 18.9 Å². The van der Waals surface area contributed by atoms with Gasteiger partial charge in [-0.15, -0.1) is 0 Å². The summed E-state index contributed by atoms with van der Waals surface area (Å²) in [5, 5.41) is 2.77. The molecule has 0 radical (unpaired) electrons. The van der Waals surface area contributed by atoms with Gasteiger partial charge in [-0.3, -0.25) is 19.9 Å². The molecule has 0 aliphatic rings. The van der Waals surface area contributed by atoms with Gasteiger partial charge in [0.05, 0.1) is 6.54 Å². The Kier molecular flexibility index (Phi) is 7.49. The van der Waals surface area contributed by atoms with Gasteiger partial charge < -0.3 is 5.32 Å². The summed E-state index contributed by atoms with van der Waals surface area (Å²) in [5.41, 5.74) is 2.09. The van der Waals surface area contributed by atoms with Crippen molar-refractivity contribution >= 4 is 11.8 Å². The molecule has 16 heavy (non-hydrogen) atoms. The maximum absolute atomic E-state index is 11.4. The Balaban J connectivity index is 3.84. The molecule has 0 aromatic carbocycles. The van der Waals surface area contributed by atoms with E-state index in [9.17, 15) is 9.59 Å². The highest BCUT2D eigenvalue weighted by Crippen LogP contribution is 1.97. The summed E-state index contributed by atoms with van der Waals surface area (Å²) in [4.78, 5) is 24.3. The molecular weight excluding hydrogens is 208 g/mol. The van der Waals surface area contributed by atoms with Gasteiger partial charge in [0.1, 0.15) is 0 Å². The fourth-order valence-electron chi connectivity index (χ4n) is 1.32. The fourth-order valence-corrected chi connectivity index (χ4v) is 1.32. The largest absolute Gasteiger partial charge is 0.355 e. The van der Waals surface area contributed by atoms with Gasteiger partial charge in [0.25, 0.3) is 0 Å². The number of hydrazine groups is 1. The first-order valence-corrected chi connectivity index (χ1v) is 5.47. The molecule has 6 heteroatoms. The molecule has 6 nitrogen and oxygen atoms in total. The highest BCUT2D eigenvalue weighted by molar-refractivity contribution is 5.79. The van der Waals surface area contributed by atoms with Gasteiger partial charge in [0.2, 0.25) is 11.8 Å². The summed E-state index contributed by atoms with van der Waals surface area (Å²) < 4.78 is 0. The predicted octanol–water partition coefficient (Wildman–Crippen LogP) is -0.930. The van der Waals surface area contributed by atoms with Crippen molar-refractivity contribution < 1.29 is 9.59 Å². The second-order valence-electron chi connectivity index (χ2n) is 3.96. The molecule has 0 saturated carbocycles. The number of hydrogen-bond acceptors (Lipinski definition) is 4. The first-order valence-electron chi connectivity index (χ1n) is 5.47. The Hall–Kier alpha value is -1.14. The molecule has 2 amide bonds. The van der Waals surface area contributed by atoms with Gasteiger partial charge in [0, 0.05) is 19.0 Å². The molecule has 1 unspecified atom stereocenters. The van der Waals surface area contributed by atoms with Crippen molar-refractivity contribution in [1.29, 1.82) is 0 Å². The van der Waals surface area contributed by atoms with Crippen LogP contribution < -0.4 is 16.6 Å². The number of carbonyl (C=O) groups is 2. The Morgan fingerprint density at radius 1 is 1.44 bits per heavy atom. The maximum atomic E-state index is 11.4. The van der Waals surface area contributed by atoms with Crippen LogP contribution in [-0.4, -0.2) is 43.4 Å². The zero-order valence-corrected chi connectivity index (χ0v) is 10.2. The summed E-state index contributed by atoms with van der Waals surface area (Å²) >= 11 is 0. The van der Waals surface area contributed by atoms with Gasteiger partial charge in [-0.25, -0.2) is 5.84 Å². The van der Waals surface area contributed by atoms with Crippen molar-refractivity contribution in [2.45, 2.75) is 20.3 Å². The predicted molar refractivity (Wildman–Crippen MR) is 62.3 cm³/mol. The van der Waals surface area contributed by atoms with E-state index in [0.29, 0.717) is 19.6 Å². The Labute approximate surface area is 96.5 Å². The molecule has 0 heterocycles. The number of likely N-dealkylation sites (N-methyl/N-ethyl adjacent to an activating group) is 1. The Morgan fingerprint density at radius 3 is 2.56 bits per heavy atom. The number of carbonyl (C=O) groups excluding carboxylic acids is 2. The van der Waals surface area contributed by atoms with Crippen molar-refractivity contribution in [1.82, 2.24) is 15.6 Å². The monoisotopic (exact) mass is 230 g/mol. The standard InChI is InChI=1S/C10H22N4O2/c1-4-5-12-9(15)7-14(3)6-8(2)10(16)13-11/h8H,4-7,11H2,1-3H3,(H,12,15)(H,13,16). The molecule has 4 N–H and O–H groups in total. The smallest absolute Gasteiger partial charge is 0.237 e. The molecule has 0 saturated heterocycles. The third-order valence-corrected chi connectivity index (χ3v) is 2.16. The highest BCUT2D eigenvalue weighted by Gasteiger charge is 2.15. The number of nitrogens with two attached hydrogens (primary N) is 1. The van der Waals surface area contributed by atoms with Crippen molar-refractivity contribution in [3.05, 3.63) is 0 Å². The van der Waals surface area contributed by atoms with E-state index in [-0.39, 0.29) is 17.7 Å². The van der Waals surface area contributed by atoms with E-state index in [2.05, 4.69) is 10.7 Å². The second-order valence-corrected chi connectivity index (χ2v) is 3.96. The summed E-state index contributed by atoms with van der Waals surface area (Å²) in [6.07, 6.45) is 0.918. The lowest BCUT2D eigenvalue weighted by Gasteiger charge is -2.19. The van der Waals surface area contributed by atoms with Gasteiger partial charge in [-0.1, -0.05) is 13.8 Å². The van der Waals surface area contributed by atoms with Crippen molar-refractivity contribution in [2.24, 2.45) is 11.8 Å². The summed E-state index contributed by atoms with van der Waals surface area (Å²) in [5.74, 6) is 4.55. The molecule has 0 aliphatic carbocycles. The summed E-state index contributed by atoms with van der Waals surface area (Å²) in [6, 6.07) is 0. The molecule has 0 aliphatic heterocycles. The second kappa shape index (κ2) is 8.06. The quantitative estimate of drug-likeness (QED) is 0.299. The normalized spacial score (nSPS) is 12.3. The molecule has 0 spiro atoms. The van der Waals surface area contributed by atoms with Gasteiger partial charge in [-0.05, 0) is 13.5 Å². The van der Waals surface area contributed by atoms with Crippen LogP contribution in [0.3, 0.4) is 0 Å². The SMILES string of the molecule is CCCNC(=O)CN(C)CC(C)C(=O)NN. The minimum atomic E-state index is -0.228. The van der Waals surface area contributed by atoms with Crippen LogP contribution >= 0.6 is 0 Å². The molecule has 94 valence electrons. The number of rotatable bonds is 7. The molecular formula is C10H22N4O2. The fraction of sp³-hybridized carbons (Fsp3) is 0.800. The van der Waals surface area contributed by atoms with Gasteiger partial charge in [0.15, 0.2) is 0 Å². The first-order chi connectivity index (χ1) is 7.51. The zero-order chi connectivity index (χ0) is 12.6. The average Bonchev–Trinajstić information content (AvgIpc) is 2.24. The third kappa shape index (κ3) is 6.36. The van der Waals surface area contributed by atoms with E-state index >= 15 is 0 Å². The molecule has 0 aromatic heterocycles. The topological polar surface area (TPSA) is 87.5 Å².